The summed E-state index contributed by atoms with van der Waals surface area (Å²) in [6.45, 7) is 22.4. The summed E-state index contributed by atoms with van der Waals surface area (Å²) in [5, 5.41) is 22.2. The number of nitrogens with zero attached hydrogens (tertiary/aromatic N) is 3. The standard InChI is InChI=1S/C85H119N5O41Si/c1-22-55-64(127-84-76(71(119-49(13)100)65(115-45(9)96)57(125-84)35-106-41(5)92)131-82-74(121-51(15)102)70(118-48(12)99)63(39(3)112-82)114-44(8)95)68(129-81-73(120-50(14)101)69(117-47(11)98)62(38(2)111-81)113-43(7)94)59(88-40(4)91)80(122-55)130-72-66(116-46(10)97)58(36-107-42(6)93)124-83(75(72)126-77(104)53-31-27-24-28-32-53)128-67-60(89-90-86)79(123-56(61(67)103)37-110-132(20,21)85(16,17)18)109-34-54(87-19)78(105)108-33-52-29-25-23-26-30-52/h23-32,38-39,54-76,79-84,87,103H,22,33-37H2,1-21H3,(H,88,91)/t38?,39?,54-,55?,56?,57?,58?,59?,60?,61?,62?,63-,64?,65?,66?,67+,68+,69-,70?,71-,72-,73?,74+,75?,76?,79-,80-,81-,82?,83-,84-/m0/s1. The Morgan fingerprint density at radius 2 is 0.826 bits per heavy atom. The number of nitrogens with one attached hydrogen (secondary N) is 2. The summed E-state index contributed by atoms with van der Waals surface area (Å²) in [6, 6.07) is 10.6. The van der Waals surface area contributed by atoms with E-state index in [2.05, 4.69) is 20.7 Å². The Morgan fingerprint density at radius 3 is 1.27 bits per heavy atom. The van der Waals surface area contributed by atoms with Gasteiger partial charge < -0.3 is 139 Å². The maximum atomic E-state index is 15.3. The summed E-state index contributed by atoms with van der Waals surface area (Å²) in [6.07, 6.45) is -55.4. The Hall–Kier alpha value is -10.1. The van der Waals surface area contributed by atoms with Gasteiger partial charge in [0.25, 0.3) is 0 Å². The van der Waals surface area contributed by atoms with E-state index in [0.717, 1.165) is 83.1 Å². The third-order valence-corrected chi connectivity index (χ3v) is 26.4. The van der Waals surface area contributed by atoms with E-state index in [1.54, 1.807) is 36.4 Å². The lowest BCUT2D eigenvalue weighted by molar-refractivity contribution is -0.399. The summed E-state index contributed by atoms with van der Waals surface area (Å²) in [7, 11) is -1.41. The predicted octanol–water partition coefficient (Wildman–Crippen LogP) is 3.36. The van der Waals surface area contributed by atoms with Crippen molar-refractivity contribution in [2.45, 2.75) is 346 Å². The van der Waals surface area contributed by atoms with Crippen LogP contribution in [0.1, 0.15) is 147 Å². The van der Waals surface area contributed by atoms with Gasteiger partial charge in [-0.15, -0.1) is 0 Å². The fourth-order valence-electron chi connectivity index (χ4n) is 15.1. The van der Waals surface area contributed by atoms with Gasteiger partial charge in [0.1, 0.15) is 86.8 Å². The van der Waals surface area contributed by atoms with Gasteiger partial charge in [-0.25, -0.2) is 4.79 Å². The van der Waals surface area contributed by atoms with Crippen LogP contribution in [0.4, 0.5) is 0 Å². The van der Waals surface area contributed by atoms with Crippen LogP contribution in [-0.2, 0) is 192 Å². The van der Waals surface area contributed by atoms with E-state index in [1.807, 2.05) is 33.9 Å². The lowest BCUT2D eigenvalue weighted by Crippen LogP contribution is -2.72. The van der Waals surface area contributed by atoms with Gasteiger partial charge in [-0.05, 0) is 68.7 Å². The average Bonchev–Trinajstić information content (AvgIpc) is 0.744. The fourth-order valence-corrected chi connectivity index (χ4v) is 16.2. The highest BCUT2D eigenvalue weighted by Crippen LogP contribution is 2.44. The van der Waals surface area contributed by atoms with Gasteiger partial charge in [0.2, 0.25) is 5.91 Å². The molecule has 0 radical (unpaired) electrons. The Labute approximate surface area is 761 Å². The maximum absolute atomic E-state index is 15.3. The molecule has 18 unspecified atom stereocenters. The van der Waals surface area contributed by atoms with Crippen LogP contribution in [0.5, 0.6) is 0 Å². The van der Waals surface area contributed by atoms with Crippen molar-refractivity contribution in [3.8, 4) is 0 Å². The quantitative estimate of drug-likeness (QED) is 0.0217. The summed E-state index contributed by atoms with van der Waals surface area (Å²) >= 11 is 0. The monoisotopic (exact) mass is 1890 g/mol. The molecule has 6 aliphatic heterocycles. The number of esters is 13. The highest BCUT2D eigenvalue weighted by atomic mass is 28.4. The summed E-state index contributed by atoms with van der Waals surface area (Å²) in [5.41, 5.74) is 11.0. The first kappa shape index (κ1) is 107. The first-order valence-corrected chi connectivity index (χ1v) is 45.5. The number of benzene rings is 2. The zero-order chi connectivity index (χ0) is 97.7. The number of aliphatic hydroxyl groups is 1. The van der Waals surface area contributed by atoms with Gasteiger partial charge in [-0.3, -0.25) is 62.3 Å². The van der Waals surface area contributed by atoms with Crippen LogP contribution in [0.25, 0.3) is 10.4 Å². The largest absolute Gasteiger partial charge is 0.463 e. The molecule has 8 rings (SSSR count). The second kappa shape index (κ2) is 48.7. The molecule has 0 aromatic heterocycles. The zero-order valence-corrected chi connectivity index (χ0v) is 78.0. The lowest BCUT2D eigenvalue weighted by atomic mass is 9.92. The topological polar surface area (TPSA) is 572 Å². The van der Waals surface area contributed by atoms with E-state index in [-0.39, 0.29) is 18.6 Å². The first-order valence-electron chi connectivity index (χ1n) is 42.5. The second-order valence-corrected chi connectivity index (χ2v) is 38.1. The van der Waals surface area contributed by atoms with Gasteiger partial charge in [0.15, 0.2) is 113 Å². The smallest absolute Gasteiger partial charge is 0.338 e. The normalized spacial score (nSPS) is 32.5. The van der Waals surface area contributed by atoms with Crippen LogP contribution >= 0.6 is 0 Å². The minimum absolute atomic E-state index is 0.162. The van der Waals surface area contributed by atoms with E-state index < -0.39 is 313 Å². The average molecular weight is 1890 g/mol. The first-order chi connectivity index (χ1) is 62.1. The number of hydrogen-bond donors (Lipinski definition) is 3. The van der Waals surface area contributed by atoms with Gasteiger partial charge in [-0.1, -0.05) is 81.3 Å². The third-order valence-electron chi connectivity index (χ3n) is 21.9. The molecule has 6 saturated heterocycles. The predicted molar refractivity (Wildman–Crippen MR) is 442 cm³/mol. The highest BCUT2D eigenvalue weighted by Gasteiger charge is 2.64. The SMILES string of the molecule is CCC1O[C@@H](O[C@H]2C(OC(C)=O)C(COC(C)=O)O[C@@H](O[C@H]3C(O)C(CO[Si](C)(C)C(C)(C)C)O[C@H](OC[C@H](NC)C(=O)OCc4ccccc4)C3N=[N+]=[N-])C2OC(=O)c2ccccc2)C(NC(C)=O)[C@@H](O[C@@H]2OC(C)C(OC(C)=O)[C@H](OC(C)=O)C2OC(C)=O)C1O[C@@H]1OC(COC(C)=O)C(OC(C)=O)[C@H](OC(C)=O)C1OC1OC(C)[C@H](OC(C)=O)C(OC(C)=O)[C@H]1OC(C)=O. The number of amides is 1. The Kier molecular flexibility index (Phi) is 39.6. The maximum Gasteiger partial charge on any atom is 0.338 e. The molecule has 31 atom stereocenters. The molecule has 3 N–H and O–H groups in total. The summed E-state index contributed by atoms with van der Waals surface area (Å²) in [5.74, 6) is -14.5. The van der Waals surface area contributed by atoms with Crippen LogP contribution in [-0.4, -0.2) is 321 Å². The van der Waals surface area contributed by atoms with E-state index in [1.165, 1.54) is 52.1 Å². The van der Waals surface area contributed by atoms with Crippen molar-refractivity contribution in [3.63, 3.8) is 0 Å². The third kappa shape index (κ3) is 29.5. The molecule has 6 fully saturated rings. The van der Waals surface area contributed by atoms with Crippen LogP contribution in [0, 0.1) is 0 Å². The molecule has 0 spiro atoms. The Morgan fingerprint density at radius 1 is 0.439 bits per heavy atom. The fraction of sp³-hybridized carbons (Fsp3) is 0.694. The molecule has 0 saturated carbocycles. The van der Waals surface area contributed by atoms with Crippen LogP contribution in [0.15, 0.2) is 65.8 Å². The van der Waals surface area contributed by atoms with E-state index >= 15 is 4.79 Å². The van der Waals surface area contributed by atoms with E-state index in [0.29, 0.717) is 5.56 Å². The van der Waals surface area contributed by atoms with Crippen molar-refractivity contribution in [1.29, 1.82) is 0 Å². The number of carbonyl (C=O) groups is 14. The molecular weight excluding hydrogens is 1780 g/mol. The molecule has 46 nitrogen and oxygen atoms in total. The number of rotatable bonds is 38. The molecule has 0 aliphatic carbocycles. The molecule has 132 heavy (non-hydrogen) atoms. The molecule has 2 aromatic rings. The molecule has 6 aliphatic rings. The van der Waals surface area contributed by atoms with Crippen LogP contribution in [0.3, 0.4) is 0 Å². The van der Waals surface area contributed by atoms with Crippen LogP contribution in [0.2, 0.25) is 18.1 Å². The molecule has 1 amide bonds. The molecule has 2 aromatic carbocycles. The highest BCUT2D eigenvalue weighted by molar-refractivity contribution is 6.74. The van der Waals surface area contributed by atoms with Crippen LogP contribution < -0.4 is 10.6 Å². The van der Waals surface area contributed by atoms with Crippen molar-refractivity contribution < 1.29 is 195 Å². The van der Waals surface area contributed by atoms with Crippen molar-refractivity contribution in [2.75, 3.05) is 33.5 Å². The van der Waals surface area contributed by atoms with Crippen molar-refractivity contribution >= 4 is 91.8 Å². The summed E-state index contributed by atoms with van der Waals surface area (Å²) < 4.78 is 164. The molecule has 734 valence electrons. The molecule has 6 heterocycles. The van der Waals surface area contributed by atoms with E-state index in [4.69, 9.17) is 123 Å². The number of carbonyl (C=O) groups excluding carboxylic acids is 14. The zero-order valence-electron chi connectivity index (χ0n) is 77.0. The number of aliphatic hydroxyl groups excluding tert-OH is 1. The number of hydrogen-bond acceptors (Lipinski definition) is 43. The number of azide groups is 1. The van der Waals surface area contributed by atoms with Crippen molar-refractivity contribution in [1.82, 2.24) is 10.6 Å². The minimum Gasteiger partial charge on any atom is -0.463 e. The van der Waals surface area contributed by atoms with E-state index in [9.17, 15) is 73.0 Å². The van der Waals surface area contributed by atoms with Gasteiger partial charge in [0, 0.05) is 88.0 Å². The second-order valence-electron chi connectivity index (χ2n) is 33.3. The van der Waals surface area contributed by atoms with Gasteiger partial charge in [0.05, 0.1) is 37.1 Å². The lowest BCUT2D eigenvalue weighted by Gasteiger charge is -2.53. The van der Waals surface area contributed by atoms with Gasteiger partial charge in [-0.2, -0.15) is 0 Å². The number of likely N-dealkylation sites (N-methyl/N-ethyl adjacent to an activating group) is 1. The molecular formula is C85H119N5O41Si. The number of ether oxygens (including phenoxy) is 25. The Balaban J connectivity index is 1.40. The molecule has 47 heteroatoms. The van der Waals surface area contributed by atoms with Gasteiger partial charge >= 0.3 is 77.6 Å². The molecule has 0 bridgehead atoms. The van der Waals surface area contributed by atoms with Crippen molar-refractivity contribution in [2.24, 2.45) is 5.11 Å². The minimum atomic E-state index is -2.84. The van der Waals surface area contributed by atoms with Crippen molar-refractivity contribution in [3.05, 3.63) is 82.2 Å². The summed E-state index contributed by atoms with van der Waals surface area (Å²) in [4.78, 5) is 194. The Bertz CT molecular complexity index is 4350.